The number of rotatable bonds is 0. The van der Waals surface area contributed by atoms with Crippen molar-refractivity contribution in [1.82, 2.24) is 0 Å². The zero-order valence-electron chi connectivity index (χ0n) is 4.42. The summed E-state index contributed by atoms with van der Waals surface area (Å²) >= 11 is 0. The van der Waals surface area contributed by atoms with Crippen LogP contribution in [0.1, 0.15) is 0 Å². The van der Waals surface area contributed by atoms with Crippen LogP contribution in [-0.2, 0) is 4.74 Å². The zero-order valence-corrected chi connectivity index (χ0v) is 6.42. The first-order valence-corrected chi connectivity index (χ1v) is 1.93. The van der Waals surface area contributed by atoms with Gasteiger partial charge in [0.05, 0.1) is 6.26 Å². The molecule has 1 aliphatic heterocycles. The van der Waals surface area contributed by atoms with Crippen LogP contribution in [0.3, 0.4) is 0 Å². The van der Waals surface area contributed by atoms with Crippen molar-refractivity contribution in [2.45, 2.75) is 0 Å². The molecule has 0 amide bonds. The van der Waals surface area contributed by atoms with Gasteiger partial charge in [0.1, 0.15) is 6.61 Å². The molecule has 1 aliphatic rings. The van der Waals surface area contributed by atoms with Gasteiger partial charge in [-0.2, -0.15) is 0 Å². The number of allylic oxidation sites excluding steroid dienone is 2. The van der Waals surface area contributed by atoms with Crippen molar-refractivity contribution in [1.29, 1.82) is 0 Å². The summed E-state index contributed by atoms with van der Waals surface area (Å²) < 4.78 is 4.80. The van der Waals surface area contributed by atoms with Crippen molar-refractivity contribution in [3.63, 3.8) is 0 Å². The second-order valence-corrected chi connectivity index (χ2v) is 1.09. The smallest absolute Gasteiger partial charge is 0.106 e. The molecule has 0 aromatic rings. The van der Waals surface area contributed by atoms with E-state index in [1.54, 1.807) is 6.26 Å². The van der Waals surface area contributed by atoms with Crippen LogP contribution < -0.4 is 0 Å². The molecule has 0 saturated heterocycles. The predicted octanol–water partition coefficient (Wildman–Crippen LogP) is 0.706. The fraction of sp³-hybridized carbons (Fsp3) is 0.200. The summed E-state index contributed by atoms with van der Waals surface area (Å²) in [6.07, 6.45) is 7.47. The van der Waals surface area contributed by atoms with Crippen molar-refractivity contribution >= 4 is 29.6 Å². The van der Waals surface area contributed by atoms with Crippen molar-refractivity contribution in [2.75, 3.05) is 6.61 Å². The topological polar surface area (TPSA) is 9.23 Å². The maximum Gasteiger partial charge on any atom is 0.106 e. The Labute approximate surface area is 65.3 Å². The van der Waals surface area contributed by atoms with Gasteiger partial charge in [0, 0.05) is 29.6 Å². The Bertz CT molecular complexity index is 74.1. The minimum atomic E-state index is 0. The number of hydrogen-bond donors (Lipinski definition) is 0. The molecule has 0 bridgehead atoms. The van der Waals surface area contributed by atoms with Crippen molar-refractivity contribution in [3.8, 4) is 0 Å². The van der Waals surface area contributed by atoms with E-state index in [1.165, 1.54) is 0 Å². The molecule has 1 heterocycles. The van der Waals surface area contributed by atoms with Crippen molar-refractivity contribution in [2.24, 2.45) is 0 Å². The summed E-state index contributed by atoms with van der Waals surface area (Å²) in [6.45, 7) is 0.733. The molecule has 0 aliphatic carbocycles. The zero-order chi connectivity index (χ0) is 4.24. The monoisotopic (exact) mass is 105 g/mol. The standard InChI is InChI=1S/C5H6O.Na/c1-2-4-6-5-3-1;/h1-4H,5H2;. The molecule has 0 N–H and O–H groups in total. The fourth-order valence-electron chi connectivity index (χ4n) is 0.346. The van der Waals surface area contributed by atoms with Gasteiger partial charge in [-0.15, -0.1) is 0 Å². The third-order valence-corrected chi connectivity index (χ3v) is 0.614. The largest absolute Gasteiger partial charge is 0.497 e. The summed E-state index contributed by atoms with van der Waals surface area (Å²) in [7, 11) is 0. The average Bonchev–Trinajstić information content (AvgIpc) is 1.72. The minimum Gasteiger partial charge on any atom is -0.497 e. The molecule has 0 aromatic carbocycles. The van der Waals surface area contributed by atoms with Gasteiger partial charge in [-0.05, 0) is 12.2 Å². The van der Waals surface area contributed by atoms with E-state index in [0.717, 1.165) is 6.61 Å². The Balaban J connectivity index is 0.000000360. The van der Waals surface area contributed by atoms with Crippen LogP contribution in [0.25, 0.3) is 0 Å². The Morgan fingerprint density at radius 2 is 2.14 bits per heavy atom. The minimum absolute atomic E-state index is 0. The van der Waals surface area contributed by atoms with Crippen LogP contribution >= 0.6 is 0 Å². The summed E-state index contributed by atoms with van der Waals surface area (Å²) in [5, 5.41) is 0. The molecule has 0 spiro atoms. The van der Waals surface area contributed by atoms with Gasteiger partial charge < -0.3 is 4.74 Å². The molecule has 0 fully saturated rings. The molecule has 0 atom stereocenters. The van der Waals surface area contributed by atoms with Crippen molar-refractivity contribution < 1.29 is 4.74 Å². The third kappa shape index (κ3) is 2.92. The third-order valence-electron chi connectivity index (χ3n) is 0.614. The summed E-state index contributed by atoms with van der Waals surface area (Å²) in [5.74, 6) is 0. The Morgan fingerprint density at radius 1 is 1.29 bits per heavy atom. The van der Waals surface area contributed by atoms with E-state index in [-0.39, 0.29) is 29.6 Å². The van der Waals surface area contributed by atoms with E-state index in [4.69, 9.17) is 4.74 Å². The van der Waals surface area contributed by atoms with Crippen LogP contribution in [0.5, 0.6) is 0 Å². The summed E-state index contributed by atoms with van der Waals surface area (Å²) in [5.41, 5.74) is 0. The van der Waals surface area contributed by atoms with E-state index < -0.39 is 0 Å². The quantitative estimate of drug-likeness (QED) is 0.412. The fourth-order valence-corrected chi connectivity index (χ4v) is 0.346. The molecule has 0 saturated carbocycles. The molecule has 2 heteroatoms. The van der Waals surface area contributed by atoms with Gasteiger partial charge in [0.15, 0.2) is 0 Å². The molecule has 0 unspecified atom stereocenters. The maximum atomic E-state index is 4.80. The second kappa shape index (κ2) is 4.44. The van der Waals surface area contributed by atoms with Gasteiger partial charge >= 0.3 is 0 Å². The first-order chi connectivity index (χ1) is 3.00. The molecular weight excluding hydrogens is 99.0 g/mol. The maximum absolute atomic E-state index is 4.80. The van der Waals surface area contributed by atoms with E-state index in [2.05, 4.69) is 0 Å². The first-order valence-electron chi connectivity index (χ1n) is 1.93. The van der Waals surface area contributed by atoms with Gasteiger partial charge in [-0.1, -0.05) is 6.08 Å². The van der Waals surface area contributed by atoms with Crippen LogP contribution in [0.4, 0.5) is 0 Å². The van der Waals surface area contributed by atoms with E-state index >= 15 is 0 Å². The first kappa shape index (κ1) is 7.28. The molecule has 0 aromatic heterocycles. The van der Waals surface area contributed by atoms with E-state index in [9.17, 15) is 0 Å². The Kier molecular flexibility index (Phi) is 4.62. The molecule has 1 nitrogen and oxygen atoms in total. The van der Waals surface area contributed by atoms with Crippen LogP contribution in [-0.4, -0.2) is 36.2 Å². The van der Waals surface area contributed by atoms with Gasteiger partial charge in [-0.25, -0.2) is 0 Å². The van der Waals surface area contributed by atoms with Crippen LogP contribution in [0.2, 0.25) is 0 Å². The molecule has 1 rings (SSSR count). The van der Waals surface area contributed by atoms with Gasteiger partial charge in [0.2, 0.25) is 0 Å². The summed E-state index contributed by atoms with van der Waals surface area (Å²) in [4.78, 5) is 0. The Morgan fingerprint density at radius 3 is 2.29 bits per heavy atom. The van der Waals surface area contributed by atoms with Gasteiger partial charge in [0.25, 0.3) is 0 Å². The number of hydrogen-bond acceptors (Lipinski definition) is 1. The summed E-state index contributed by atoms with van der Waals surface area (Å²) in [6, 6.07) is 0. The second-order valence-electron chi connectivity index (χ2n) is 1.09. The predicted molar refractivity (Wildman–Crippen MR) is 30.0 cm³/mol. The molecule has 1 radical (unpaired) electrons. The van der Waals surface area contributed by atoms with E-state index in [1.807, 2.05) is 18.2 Å². The van der Waals surface area contributed by atoms with E-state index in [0.29, 0.717) is 0 Å². The average molecular weight is 105 g/mol. The molecule has 7 heavy (non-hydrogen) atoms. The molecular formula is C5H6NaO. The van der Waals surface area contributed by atoms with Crippen LogP contribution in [0.15, 0.2) is 24.5 Å². The SMILES string of the molecule is C1=CCOC=C1.[Na]. The molecule has 33 valence electrons. The van der Waals surface area contributed by atoms with Crippen LogP contribution in [0, 0.1) is 0 Å². The van der Waals surface area contributed by atoms with Gasteiger partial charge in [-0.3, -0.25) is 0 Å². The number of ether oxygens (including phenoxy) is 1. The van der Waals surface area contributed by atoms with Crippen molar-refractivity contribution in [3.05, 3.63) is 24.5 Å². The Hall–Kier alpha value is 0.280. The normalized spacial score (nSPS) is 14.9.